The van der Waals surface area contributed by atoms with Crippen LogP contribution < -0.4 is 10.6 Å². The van der Waals surface area contributed by atoms with Crippen molar-refractivity contribution in [3.8, 4) is 11.1 Å². The highest BCUT2D eigenvalue weighted by Gasteiger charge is 2.18. The zero-order chi connectivity index (χ0) is 20.1. The van der Waals surface area contributed by atoms with Gasteiger partial charge < -0.3 is 10.6 Å². The minimum Gasteiger partial charge on any atom is -0.307 e. The van der Waals surface area contributed by atoms with E-state index in [4.69, 9.17) is 0 Å². The van der Waals surface area contributed by atoms with Crippen LogP contribution in [0.1, 0.15) is 23.4 Å². The third kappa shape index (κ3) is 4.66. The SMILES string of the molecule is C=CC(=O)Nc1ccc(-c2ccnc(C(C)C(=O)Nc3ncc(C)s3)c2)cn1. The Labute approximate surface area is 166 Å². The maximum absolute atomic E-state index is 12.5. The van der Waals surface area contributed by atoms with Gasteiger partial charge in [0.05, 0.1) is 11.6 Å². The molecule has 8 heteroatoms. The lowest BCUT2D eigenvalue weighted by Crippen LogP contribution is -2.19. The van der Waals surface area contributed by atoms with E-state index in [-0.39, 0.29) is 11.8 Å². The molecule has 142 valence electrons. The molecule has 0 spiro atoms. The molecule has 0 aliphatic heterocycles. The molecule has 0 radical (unpaired) electrons. The molecule has 0 bridgehead atoms. The number of carbonyl (C=O) groups is 2. The predicted octanol–water partition coefficient (Wildman–Crippen LogP) is 3.78. The lowest BCUT2D eigenvalue weighted by atomic mass is 10.0. The Morgan fingerprint density at radius 2 is 1.93 bits per heavy atom. The maximum Gasteiger partial charge on any atom is 0.248 e. The number of nitrogens with zero attached hydrogens (tertiary/aromatic N) is 3. The van der Waals surface area contributed by atoms with Crippen molar-refractivity contribution in [3.05, 3.63) is 66.1 Å². The van der Waals surface area contributed by atoms with Crippen LogP contribution in [0.15, 0.2) is 55.5 Å². The summed E-state index contributed by atoms with van der Waals surface area (Å²) in [4.78, 5) is 37.6. The summed E-state index contributed by atoms with van der Waals surface area (Å²) in [5.41, 5.74) is 2.37. The number of thiazole rings is 1. The Morgan fingerprint density at radius 3 is 2.57 bits per heavy atom. The van der Waals surface area contributed by atoms with Crippen LogP contribution in [0.5, 0.6) is 0 Å². The van der Waals surface area contributed by atoms with Gasteiger partial charge in [-0.2, -0.15) is 0 Å². The second-order valence-corrected chi connectivity index (χ2v) is 7.32. The maximum atomic E-state index is 12.5. The van der Waals surface area contributed by atoms with Gasteiger partial charge in [-0.1, -0.05) is 6.58 Å². The first kappa shape index (κ1) is 19.4. The number of rotatable bonds is 6. The first-order valence-corrected chi connectivity index (χ1v) is 9.37. The standard InChI is InChI=1S/C20H19N5O2S/c1-4-18(26)24-17-6-5-15(11-22-17)14-7-8-21-16(9-14)13(3)19(27)25-20-23-10-12(2)28-20/h4-11,13H,1H2,2-3H3,(H,22,24,26)(H,23,25,27). The van der Waals surface area contributed by atoms with Crippen LogP contribution in [0.3, 0.4) is 0 Å². The monoisotopic (exact) mass is 393 g/mol. The highest BCUT2D eigenvalue weighted by atomic mass is 32.1. The number of pyridine rings is 2. The third-order valence-electron chi connectivity index (χ3n) is 4.00. The highest BCUT2D eigenvalue weighted by Crippen LogP contribution is 2.24. The van der Waals surface area contributed by atoms with Gasteiger partial charge in [0.25, 0.3) is 0 Å². The molecule has 3 aromatic rings. The molecule has 2 amide bonds. The van der Waals surface area contributed by atoms with E-state index in [0.717, 1.165) is 16.0 Å². The van der Waals surface area contributed by atoms with Crippen LogP contribution in [0.2, 0.25) is 0 Å². The molecule has 0 saturated heterocycles. The van der Waals surface area contributed by atoms with Gasteiger partial charge in [0.15, 0.2) is 5.13 Å². The molecular formula is C20H19N5O2S. The number of aromatic nitrogens is 3. The van der Waals surface area contributed by atoms with Gasteiger partial charge in [-0.05, 0) is 49.8 Å². The average Bonchev–Trinajstić information content (AvgIpc) is 3.12. The summed E-state index contributed by atoms with van der Waals surface area (Å²) in [6, 6.07) is 7.25. The Hall–Kier alpha value is -3.39. The zero-order valence-electron chi connectivity index (χ0n) is 15.5. The van der Waals surface area contributed by atoms with E-state index >= 15 is 0 Å². The van der Waals surface area contributed by atoms with Crippen molar-refractivity contribution in [1.82, 2.24) is 15.0 Å². The van der Waals surface area contributed by atoms with Crippen LogP contribution in [-0.2, 0) is 9.59 Å². The molecule has 2 N–H and O–H groups in total. The molecule has 3 rings (SSSR count). The molecule has 0 aliphatic rings. The molecule has 3 aromatic heterocycles. The van der Waals surface area contributed by atoms with Crippen molar-refractivity contribution < 1.29 is 9.59 Å². The van der Waals surface area contributed by atoms with E-state index in [1.54, 1.807) is 31.6 Å². The van der Waals surface area contributed by atoms with Gasteiger partial charge in [-0.25, -0.2) is 9.97 Å². The summed E-state index contributed by atoms with van der Waals surface area (Å²) in [5.74, 6) is -0.487. The van der Waals surface area contributed by atoms with E-state index in [2.05, 4.69) is 32.2 Å². The van der Waals surface area contributed by atoms with Crippen molar-refractivity contribution in [3.63, 3.8) is 0 Å². The largest absolute Gasteiger partial charge is 0.307 e. The fraction of sp³-hybridized carbons (Fsp3) is 0.150. The van der Waals surface area contributed by atoms with Gasteiger partial charge in [0.1, 0.15) is 5.82 Å². The second kappa shape index (κ2) is 8.53. The smallest absolute Gasteiger partial charge is 0.248 e. The van der Waals surface area contributed by atoms with Gasteiger partial charge in [-0.3, -0.25) is 14.6 Å². The Bertz CT molecular complexity index is 1010. The van der Waals surface area contributed by atoms with E-state index in [9.17, 15) is 9.59 Å². The highest BCUT2D eigenvalue weighted by molar-refractivity contribution is 7.15. The number of aryl methyl sites for hydroxylation is 1. The fourth-order valence-electron chi connectivity index (χ4n) is 2.44. The van der Waals surface area contributed by atoms with Crippen LogP contribution >= 0.6 is 11.3 Å². The quantitative estimate of drug-likeness (QED) is 0.621. The third-order valence-corrected chi connectivity index (χ3v) is 4.83. The molecule has 1 unspecified atom stereocenters. The van der Waals surface area contributed by atoms with Crippen LogP contribution in [0, 0.1) is 6.92 Å². The Kier molecular flexibility index (Phi) is 5.90. The molecule has 0 saturated carbocycles. The average molecular weight is 393 g/mol. The number of carbonyl (C=O) groups excluding carboxylic acids is 2. The molecule has 7 nitrogen and oxygen atoms in total. The molecule has 3 heterocycles. The Balaban J connectivity index is 1.75. The normalized spacial score (nSPS) is 11.5. The van der Waals surface area contributed by atoms with Crippen LogP contribution in [0.25, 0.3) is 11.1 Å². The summed E-state index contributed by atoms with van der Waals surface area (Å²) in [7, 11) is 0. The van der Waals surface area contributed by atoms with Crippen molar-refractivity contribution in [2.45, 2.75) is 19.8 Å². The molecule has 28 heavy (non-hydrogen) atoms. The van der Waals surface area contributed by atoms with Gasteiger partial charge >= 0.3 is 0 Å². The summed E-state index contributed by atoms with van der Waals surface area (Å²) in [6.07, 6.45) is 6.22. The number of hydrogen-bond acceptors (Lipinski definition) is 6. The minimum atomic E-state index is -0.441. The van der Waals surface area contributed by atoms with E-state index in [1.807, 2.05) is 25.1 Å². The van der Waals surface area contributed by atoms with Crippen molar-refractivity contribution >= 4 is 34.1 Å². The Morgan fingerprint density at radius 1 is 1.11 bits per heavy atom. The van der Waals surface area contributed by atoms with Crippen molar-refractivity contribution in [2.75, 3.05) is 10.6 Å². The summed E-state index contributed by atoms with van der Waals surface area (Å²) in [5, 5.41) is 6.00. The molecular weight excluding hydrogens is 374 g/mol. The molecule has 1 atom stereocenters. The topological polar surface area (TPSA) is 96.9 Å². The lowest BCUT2D eigenvalue weighted by molar-refractivity contribution is -0.117. The molecule has 0 fully saturated rings. The predicted molar refractivity (Wildman–Crippen MR) is 110 cm³/mol. The lowest BCUT2D eigenvalue weighted by Gasteiger charge is -2.12. The fourth-order valence-corrected chi connectivity index (χ4v) is 3.11. The van der Waals surface area contributed by atoms with Crippen molar-refractivity contribution in [2.24, 2.45) is 0 Å². The van der Waals surface area contributed by atoms with E-state index in [1.165, 1.54) is 17.4 Å². The molecule has 0 aromatic carbocycles. The van der Waals surface area contributed by atoms with Crippen LogP contribution in [0.4, 0.5) is 10.9 Å². The summed E-state index contributed by atoms with van der Waals surface area (Å²) >= 11 is 1.43. The first-order valence-electron chi connectivity index (χ1n) is 8.55. The van der Waals surface area contributed by atoms with E-state index in [0.29, 0.717) is 16.6 Å². The van der Waals surface area contributed by atoms with Crippen LogP contribution in [-0.4, -0.2) is 26.8 Å². The van der Waals surface area contributed by atoms with Crippen molar-refractivity contribution in [1.29, 1.82) is 0 Å². The summed E-state index contributed by atoms with van der Waals surface area (Å²) < 4.78 is 0. The minimum absolute atomic E-state index is 0.167. The second-order valence-electron chi connectivity index (χ2n) is 6.08. The number of nitrogens with one attached hydrogen (secondary N) is 2. The zero-order valence-corrected chi connectivity index (χ0v) is 16.3. The van der Waals surface area contributed by atoms with Gasteiger partial charge in [0.2, 0.25) is 11.8 Å². The number of amides is 2. The van der Waals surface area contributed by atoms with Gasteiger partial charge in [0, 0.05) is 29.0 Å². The van der Waals surface area contributed by atoms with E-state index < -0.39 is 5.92 Å². The summed E-state index contributed by atoms with van der Waals surface area (Å²) in [6.45, 7) is 7.14. The van der Waals surface area contributed by atoms with Gasteiger partial charge in [-0.15, -0.1) is 11.3 Å². The number of hydrogen-bond donors (Lipinski definition) is 2. The number of anilines is 2. The molecule has 0 aliphatic carbocycles. The first-order chi connectivity index (χ1) is 13.5.